The number of amides is 1. The van der Waals surface area contributed by atoms with E-state index in [2.05, 4.69) is 61.3 Å². The van der Waals surface area contributed by atoms with Crippen molar-refractivity contribution >= 4 is 22.8 Å². The molecule has 0 bridgehead atoms. The second-order valence-corrected chi connectivity index (χ2v) is 11.9. The predicted molar refractivity (Wildman–Crippen MR) is 151 cm³/mol. The minimum Gasteiger partial charge on any atom is -0.481 e. The maximum absolute atomic E-state index is 12.7. The van der Waals surface area contributed by atoms with Crippen molar-refractivity contribution in [3.63, 3.8) is 0 Å². The SMILES string of the molecule is CN(C)[N+](C)(C)Cc1cc2ccccc2n1CCC(=O)NCCC(C)(C)OCCC(C)(C)OCCC(=O)O. The van der Waals surface area contributed by atoms with Crippen molar-refractivity contribution in [3.8, 4) is 0 Å². The lowest BCUT2D eigenvalue weighted by atomic mass is 10.0. The summed E-state index contributed by atoms with van der Waals surface area (Å²) in [4.78, 5) is 23.4. The van der Waals surface area contributed by atoms with E-state index in [1.807, 2.05) is 39.8 Å². The van der Waals surface area contributed by atoms with Gasteiger partial charge < -0.3 is 24.5 Å². The lowest BCUT2D eigenvalue weighted by molar-refractivity contribution is -1.01. The number of carbonyl (C=O) groups is 2. The third-order valence-corrected chi connectivity index (χ3v) is 7.15. The highest BCUT2D eigenvalue weighted by Gasteiger charge is 2.24. The molecule has 2 N–H and O–H groups in total. The Morgan fingerprint density at radius 3 is 2.29 bits per heavy atom. The molecule has 1 aromatic carbocycles. The number of nitrogens with zero attached hydrogens (tertiary/aromatic N) is 3. The summed E-state index contributed by atoms with van der Waals surface area (Å²) in [5.41, 5.74) is 1.51. The first kappa shape index (κ1) is 31.8. The normalized spacial score (nSPS) is 12.9. The number of nitrogens with one attached hydrogen (secondary N) is 1. The fourth-order valence-corrected chi connectivity index (χ4v) is 4.14. The molecular weight excluding hydrogens is 484 g/mol. The average molecular weight is 534 g/mol. The molecule has 2 aromatic rings. The Balaban J connectivity index is 1.83. The molecule has 0 saturated heterocycles. The molecule has 214 valence electrons. The quantitative estimate of drug-likeness (QED) is 0.235. The molecule has 0 atom stereocenters. The van der Waals surface area contributed by atoms with Gasteiger partial charge in [0.05, 0.1) is 50.6 Å². The summed E-state index contributed by atoms with van der Waals surface area (Å²) in [7, 11) is 8.49. The summed E-state index contributed by atoms with van der Waals surface area (Å²) >= 11 is 0. The number of quaternary nitrogens is 1. The second kappa shape index (κ2) is 13.6. The molecule has 0 unspecified atom stereocenters. The average Bonchev–Trinajstić information content (AvgIpc) is 3.12. The molecule has 0 saturated carbocycles. The van der Waals surface area contributed by atoms with Crippen molar-refractivity contribution in [1.29, 1.82) is 0 Å². The van der Waals surface area contributed by atoms with Crippen molar-refractivity contribution in [2.75, 3.05) is 47.9 Å². The highest BCUT2D eigenvalue weighted by molar-refractivity contribution is 5.82. The molecule has 0 aliphatic heterocycles. The van der Waals surface area contributed by atoms with Gasteiger partial charge in [-0.15, -0.1) is 0 Å². The minimum absolute atomic E-state index is 0.00928. The van der Waals surface area contributed by atoms with Gasteiger partial charge in [0.25, 0.3) is 0 Å². The zero-order valence-electron chi connectivity index (χ0n) is 24.7. The maximum atomic E-state index is 12.7. The molecular formula is C29H49N4O5+. The number of aliphatic carboxylic acids is 1. The van der Waals surface area contributed by atoms with Gasteiger partial charge in [-0.3, -0.25) is 9.59 Å². The van der Waals surface area contributed by atoms with E-state index >= 15 is 0 Å². The van der Waals surface area contributed by atoms with E-state index in [-0.39, 0.29) is 18.9 Å². The summed E-state index contributed by atoms with van der Waals surface area (Å²) in [5.74, 6) is -0.839. The summed E-state index contributed by atoms with van der Waals surface area (Å²) < 4.78 is 14.7. The van der Waals surface area contributed by atoms with Crippen LogP contribution >= 0.6 is 0 Å². The van der Waals surface area contributed by atoms with Gasteiger partial charge in [0.2, 0.25) is 5.91 Å². The molecule has 0 aliphatic rings. The highest BCUT2D eigenvalue weighted by atomic mass is 16.5. The van der Waals surface area contributed by atoms with Crippen LogP contribution in [-0.4, -0.2) is 90.3 Å². The molecule has 1 amide bonds. The number of carbonyl (C=O) groups excluding carboxylic acids is 1. The van der Waals surface area contributed by atoms with Gasteiger partial charge in [-0.05, 0) is 52.7 Å². The van der Waals surface area contributed by atoms with Crippen LogP contribution in [0.15, 0.2) is 30.3 Å². The molecule has 0 spiro atoms. The molecule has 9 nitrogen and oxygen atoms in total. The highest BCUT2D eigenvalue weighted by Crippen LogP contribution is 2.23. The number of carboxylic acids is 1. The van der Waals surface area contributed by atoms with E-state index in [0.29, 0.717) is 43.6 Å². The topological polar surface area (TPSA) is 93.0 Å². The number of aryl methyl sites for hydroxylation is 1. The van der Waals surface area contributed by atoms with E-state index < -0.39 is 17.2 Å². The summed E-state index contributed by atoms with van der Waals surface area (Å²) in [5, 5.41) is 15.2. The second-order valence-electron chi connectivity index (χ2n) is 11.9. The zero-order valence-corrected chi connectivity index (χ0v) is 24.7. The maximum Gasteiger partial charge on any atom is 0.305 e. The Hall–Kier alpha value is -2.46. The van der Waals surface area contributed by atoms with E-state index in [1.54, 1.807) is 0 Å². The summed E-state index contributed by atoms with van der Waals surface area (Å²) in [6.07, 6.45) is 1.74. The van der Waals surface area contributed by atoms with Crippen LogP contribution in [0.25, 0.3) is 10.9 Å². The van der Waals surface area contributed by atoms with Gasteiger partial charge in [-0.2, -0.15) is 5.01 Å². The van der Waals surface area contributed by atoms with Crippen molar-refractivity contribution < 1.29 is 28.8 Å². The van der Waals surface area contributed by atoms with Crippen LogP contribution in [0.3, 0.4) is 0 Å². The first-order valence-corrected chi connectivity index (χ1v) is 13.5. The lowest BCUT2D eigenvalue weighted by Gasteiger charge is -2.35. The lowest BCUT2D eigenvalue weighted by Crippen LogP contribution is -2.50. The van der Waals surface area contributed by atoms with Crippen LogP contribution in [0.2, 0.25) is 0 Å². The first-order valence-electron chi connectivity index (χ1n) is 13.5. The zero-order chi connectivity index (χ0) is 28.6. The molecule has 0 radical (unpaired) electrons. The molecule has 38 heavy (non-hydrogen) atoms. The number of ether oxygens (including phenoxy) is 2. The van der Waals surface area contributed by atoms with Crippen LogP contribution in [-0.2, 0) is 32.2 Å². The summed E-state index contributed by atoms with van der Waals surface area (Å²) in [6, 6.07) is 10.6. The third kappa shape index (κ3) is 10.4. The van der Waals surface area contributed by atoms with E-state index in [0.717, 1.165) is 12.1 Å². The van der Waals surface area contributed by atoms with Crippen molar-refractivity contribution in [2.45, 2.75) is 77.7 Å². The van der Waals surface area contributed by atoms with Crippen LogP contribution in [0.5, 0.6) is 0 Å². The van der Waals surface area contributed by atoms with Crippen molar-refractivity contribution in [3.05, 3.63) is 36.0 Å². The third-order valence-electron chi connectivity index (χ3n) is 7.15. The smallest absolute Gasteiger partial charge is 0.305 e. The Labute approximate surface area is 228 Å². The number of hydrogen-bond acceptors (Lipinski definition) is 5. The van der Waals surface area contributed by atoms with Gasteiger partial charge in [-0.25, -0.2) is 4.59 Å². The fraction of sp³-hybridized carbons (Fsp3) is 0.655. The number of aromatic nitrogens is 1. The number of hydrogen-bond donors (Lipinski definition) is 2. The number of carboxylic acid groups (broad SMARTS) is 1. The fourth-order valence-electron chi connectivity index (χ4n) is 4.14. The van der Waals surface area contributed by atoms with Crippen LogP contribution in [0.4, 0.5) is 0 Å². The Kier molecular flexibility index (Phi) is 11.3. The monoisotopic (exact) mass is 533 g/mol. The van der Waals surface area contributed by atoms with Gasteiger partial charge in [0.15, 0.2) is 0 Å². The van der Waals surface area contributed by atoms with Crippen LogP contribution in [0.1, 0.15) is 59.1 Å². The molecule has 1 aromatic heterocycles. The molecule has 9 heteroatoms. The Morgan fingerprint density at radius 2 is 1.63 bits per heavy atom. The Bertz CT molecular complexity index is 1060. The largest absolute Gasteiger partial charge is 0.481 e. The number of para-hydroxylation sites is 1. The predicted octanol–water partition coefficient (Wildman–Crippen LogP) is 4.05. The van der Waals surface area contributed by atoms with Gasteiger partial charge in [0, 0.05) is 44.5 Å². The number of benzene rings is 1. The van der Waals surface area contributed by atoms with Gasteiger partial charge >= 0.3 is 5.97 Å². The Morgan fingerprint density at radius 1 is 1.00 bits per heavy atom. The number of rotatable bonds is 17. The minimum atomic E-state index is -0.866. The molecule has 0 aliphatic carbocycles. The van der Waals surface area contributed by atoms with E-state index in [4.69, 9.17) is 14.6 Å². The van der Waals surface area contributed by atoms with E-state index in [1.165, 1.54) is 11.1 Å². The molecule has 0 fully saturated rings. The van der Waals surface area contributed by atoms with E-state index in [9.17, 15) is 9.59 Å². The molecule has 1 heterocycles. The van der Waals surface area contributed by atoms with Crippen LogP contribution < -0.4 is 5.32 Å². The van der Waals surface area contributed by atoms with Crippen molar-refractivity contribution in [1.82, 2.24) is 14.9 Å². The standard InChI is InChI=1S/C29H48N4O5/c1-28(2,38-20-16-29(3,4)37-19-14-27(35)36)15-17-30-26(34)13-18-32-24(22-33(7,8)31(5)6)21-23-11-9-10-12-25(23)32/h9-12,21H,13-20,22H2,1-8H3,(H-,30,34,35,36)/p+1. The first-order chi connectivity index (χ1) is 17.6. The van der Waals surface area contributed by atoms with Gasteiger partial charge in [-0.1, -0.05) is 18.2 Å². The van der Waals surface area contributed by atoms with Crippen LogP contribution in [0, 0.1) is 0 Å². The van der Waals surface area contributed by atoms with Gasteiger partial charge in [0.1, 0.15) is 6.54 Å². The van der Waals surface area contributed by atoms with Crippen molar-refractivity contribution in [2.24, 2.45) is 0 Å². The number of fused-ring (bicyclic) bond motifs is 1. The molecule has 2 rings (SSSR count). The summed E-state index contributed by atoms with van der Waals surface area (Å²) in [6.45, 7) is 10.6.